The lowest BCUT2D eigenvalue weighted by Gasteiger charge is -2.20. The van der Waals surface area contributed by atoms with Crippen LogP contribution in [-0.4, -0.2) is 22.2 Å². The molecule has 2 N–H and O–H groups in total. The van der Waals surface area contributed by atoms with Crippen molar-refractivity contribution in [3.8, 4) is 0 Å². The standard InChI is InChI=1S/C16H30O4/c1-3-5-7-8-9-10-12-14(16(19)20)13(15(17)18)11-6-4-2/h13-14H,3-12H2,1-2H3,(H,17,18)(H,19,20). The Balaban J connectivity index is 4.23. The van der Waals surface area contributed by atoms with E-state index in [1.54, 1.807) is 0 Å². The Morgan fingerprint density at radius 1 is 0.700 bits per heavy atom. The Bertz CT molecular complexity index is 276. The highest BCUT2D eigenvalue weighted by Gasteiger charge is 2.32. The molecule has 0 aliphatic rings. The molecule has 20 heavy (non-hydrogen) atoms. The van der Waals surface area contributed by atoms with Crippen molar-refractivity contribution in [2.45, 2.75) is 78.1 Å². The van der Waals surface area contributed by atoms with Crippen molar-refractivity contribution in [2.75, 3.05) is 0 Å². The maximum absolute atomic E-state index is 11.3. The average Bonchev–Trinajstić information content (AvgIpc) is 2.39. The summed E-state index contributed by atoms with van der Waals surface area (Å²) in [5.41, 5.74) is 0. The van der Waals surface area contributed by atoms with Gasteiger partial charge in [0, 0.05) is 0 Å². The predicted octanol–water partition coefficient (Wildman–Crippen LogP) is 4.33. The van der Waals surface area contributed by atoms with E-state index in [0.29, 0.717) is 12.8 Å². The van der Waals surface area contributed by atoms with Crippen LogP contribution in [0.15, 0.2) is 0 Å². The Labute approximate surface area is 122 Å². The van der Waals surface area contributed by atoms with Gasteiger partial charge in [-0.2, -0.15) is 0 Å². The first-order valence-corrected chi connectivity index (χ1v) is 8.00. The van der Waals surface area contributed by atoms with Crippen molar-refractivity contribution < 1.29 is 19.8 Å². The summed E-state index contributed by atoms with van der Waals surface area (Å²) in [6.45, 7) is 4.15. The Kier molecular flexibility index (Phi) is 11.1. The molecule has 0 fully saturated rings. The highest BCUT2D eigenvalue weighted by Crippen LogP contribution is 2.25. The summed E-state index contributed by atoms with van der Waals surface area (Å²) in [4.78, 5) is 22.6. The maximum atomic E-state index is 11.3. The van der Waals surface area contributed by atoms with E-state index in [2.05, 4.69) is 6.92 Å². The van der Waals surface area contributed by atoms with Crippen LogP contribution < -0.4 is 0 Å². The Hall–Kier alpha value is -1.06. The molecule has 2 unspecified atom stereocenters. The largest absolute Gasteiger partial charge is 0.481 e. The van der Waals surface area contributed by atoms with E-state index in [1.807, 2.05) is 6.92 Å². The fraction of sp³-hybridized carbons (Fsp3) is 0.875. The first kappa shape index (κ1) is 18.9. The summed E-state index contributed by atoms with van der Waals surface area (Å²) in [6.07, 6.45) is 9.16. The van der Waals surface area contributed by atoms with Crippen LogP contribution in [0.4, 0.5) is 0 Å². The van der Waals surface area contributed by atoms with Gasteiger partial charge in [-0.1, -0.05) is 65.2 Å². The van der Waals surface area contributed by atoms with Gasteiger partial charge in [-0.25, -0.2) is 0 Å². The molecule has 0 heterocycles. The van der Waals surface area contributed by atoms with E-state index >= 15 is 0 Å². The smallest absolute Gasteiger partial charge is 0.307 e. The van der Waals surface area contributed by atoms with Crippen LogP contribution >= 0.6 is 0 Å². The van der Waals surface area contributed by atoms with Gasteiger partial charge in [0.25, 0.3) is 0 Å². The minimum Gasteiger partial charge on any atom is -0.481 e. The third-order valence-electron chi connectivity index (χ3n) is 3.86. The third kappa shape index (κ3) is 8.18. The molecule has 4 nitrogen and oxygen atoms in total. The van der Waals surface area contributed by atoms with Crippen molar-refractivity contribution in [2.24, 2.45) is 11.8 Å². The van der Waals surface area contributed by atoms with Crippen LogP contribution in [0.2, 0.25) is 0 Å². The van der Waals surface area contributed by atoms with Gasteiger partial charge < -0.3 is 10.2 Å². The van der Waals surface area contributed by atoms with E-state index < -0.39 is 23.8 Å². The number of aliphatic carboxylic acids is 2. The van der Waals surface area contributed by atoms with E-state index in [-0.39, 0.29) is 0 Å². The average molecular weight is 286 g/mol. The van der Waals surface area contributed by atoms with Crippen molar-refractivity contribution >= 4 is 11.9 Å². The van der Waals surface area contributed by atoms with Crippen molar-refractivity contribution in [3.05, 3.63) is 0 Å². The summed E-state index contributed by atoms with van der Waals surface area (Å²) in [7, 11) is 0. The predicted molar refractivity (Wildman–Crippen MR) is 79.8 cm³/mol. The molecule has 0 aromatic heterocycles. The van der Waals surface area contributed by atoms with Crippen molar-refractivity contribution in [3.63, 3.8) is 0 Å². The molecule has 0 aliphatic carbocycles. The molecule has 0 saturated heterocycles. The lowest BCUT2D eigenvalue weighted by molar-refractivity contribution is -0.154. The van der Waals surface area contributed by atoms with Gasteiger partial charge in [0.2, 0.25) is 0 Å². The zero-order chi connectivity index (χ0) is 15.4. The molecule has 0 aromatic carbocycles. The minimum atomic E-state index is -0.961. The quantitative estimate of drug-likeness (QED) is 0.494. The normalized spacial score (nSPS) is 13.9. The van der Waals surface area contributed by atoms with E-state index in [0.717, 1.165) is 32.1 Å². The Morgan fingerprint density at radius 3 is 1.55 bits per heavy atom. The Morgan fingerprint density at radius 2 is 1.10 bits per heavy atom. The van der Waals surface area contributed by atoms with Crippen LogP contribution in [0.3, 0.4) is 0 Å². The number of carbonyl (C=O) groups is 2. The fourth-order valence-corrected chi connectivity index (χ4v) is 2.56. The summed E-state index contributed by atoms with van der Waals surface area (Å²) in [5.74, 6) is -3.38. The summed E-state index contributed by atoms with van der Waals surface area (Å²) in [5, 5.41) is 18.5. The first-order valence-electron chi connectivity index (χ1n) is 8.00. The molecule has 118 valence electrons. The first-order chi connectivity index (χ1) is 9.54. The molecule has 0 rings (SSSR count). The minimum absolute atomic E-state index is 0.471. The number of carboxylic acid groups (broad SMARTS) is 2. The molecule has 0 radical (unpaired) electrons. The molecule has 0 aromatic rings. The number of carboxylic acids is 2. The van der Waals surface area contributed by atoms with Gasteiger partial charge in [-0.3, -0.25) is 9.59 Å². The topological polar surface area (TPSA) is 74.6 Å². The maximum Gasteiger partial charge on any atom is 0.307 e. The zero-order valence-electron chi connectivity index (χ0n) is 12.9. The zero-order valence-corrected chi connectivity index (χ0v) is 12.9. The second kappa shape index (κ2) is 11.7. The van der Waals surface area contributed by atoms with E-state index in [9.17, 15) is 19.8 Å². The van der Waals surface area contributed by atoms with Crippen LogP contribution in [0.25, 0.3) is 0 Å². The molecule has 0 bridgehead atoms. The molecule has 0 amide bonds. The molecule has 0 aliphatic heterocycles. The molecule has 0 spiro atoms. The van der Waals surface area contributed by atoms with Gasteiger partial charge in [-0.15, -0.1) is 0 Å². The highest BCUT2D eigenvalue weighted by molar-refractivity contribution is 5.79. The molecular weight excluding hydrogens is 256 g/mol. The van der Waals surface area contributed by atoms with Gasteiger partial charge in [0.05, 0.1) is 11.8 Å². The van der Waals surface area contributed by atoms with E-state index in [4.69, 9.17) is 0 Å². The SMILES string of the molecule is CCCCCCCCC(C(=O)O)C(CCCC)C(=O)O. The number of unbranched alkanes of at least 4 members (excludes halogenated alkanes) is 6. The number of hydrogen-bond donors (Lipinski definition) is 2. The summed E-state index contributed by atoms with van der Waals surface area (Å²) >= 11 is 0. The van der Waals surface area contributed by atoms with Crippen LogP contribution in [0, 0.1) is 11.8 Å². The van der Waals surface area contributed by atoms with Crippen molar-refractivity contribution in [1.82, 2.24) is 0 Å². The number of hydrogen-bond acceptors (Lipinski definition) is 2. The molecular formula is C16H30O4. The van der Waals surface area contributed by atoms with Crippen molar-refractivity contribution in [1.29, 1.82) is 0 Å². The third-order valence-corrected chi connectivity index (χ3v) is 3.86. The van der Waals surface area contributed by atoms with Gasteiger partial charge >= 0.3 is 11.9 Å². The van der Waals surface area contributed by atoms with Crippen LogP contribution in [0.5, 0.6) is 0 Å². The van der Waals surface area contributed by atoms with Gasteiger partial charge in [0.1, 0.15) is 0 Å². The summed E-state index contributed by atoms with van der Waals surface area (Å²) in [6, 6.07) is 0. The molecule has 4 heteroatoms. The molecule has 0 saturated carbocycles. The van der Waals surface area contributed by atoms with Crippen LogP contribution in [-0.2, 0) is 9.59 Å². The fourth-order valence-electron chi connectivity index (χ4n) is 2.56. The summed E-state index contributed by atoms with van der Waals surface area (Å²) < 4.78 is 0. The van der Waals surface area contributed by atoms with Crippen LogP contribution in [0.1, 0.15) is 78.1 Å². The second-order valence-electron chi connectivity index (χ2n) is 5.59. The lowest BCUT2D eigenvalue weighted by Crippen LogP contribution is -2.30. The number of rotatable bonds is 13. The van der Waals surface area contributed by atoms with E-state index in [1.165, 1.54) is 19.3 Å². The van der Waals surface area contributed by atoms with Gasteiger partial charge in [-0.05, 0) is 12.8 Å². The molecule has 2 atom stereocenters. The highest BCUT2D eigenvalue weighted by atomic mass is 16.4. The lowest BCUT2D eigenvalue weighted by atomic mass is 9.84. The van der Waals surface area contributed by atoms with Gasteiger partial charge in [0.15, 0.2) is 0 Å². The second-order valence-corrected chi connectivity index (χ2v) is 5.59. The monoisotopic (exact) mass is 286 g/mol.